The smallest absolute Gasteiger partial charge is 0.253 e. The number of hydrogen-bond donors (Lipinski definition) is 3. The van der Waals surface area contributed by atoms with Crippen LogP contribution in [-0.4, -0.2) is 21.3 Å². The maximum absolute atomic E-state index is 11.3. The normalized spacial score (nSPS) is 10.2. The number of nitrogens with one attached hydrogen (secondary N) is 2. The van der Waals surface area contributed by atoms with Crippen molar-refractivity contribution in [2.75, 3.05) is 11.6 Å². The average molecular weight is 249 g/mol. The first-order chi connectivity index (χ1) is 8.17. The van der Waals surface area contributed by atoms with Gasteiger partial charge in [-0.3, -0.25) is 4.79 Å². The molecule has 0 aliphatic carbocycles. The summed E-state index contributed by atoms with van der Waals surface area (Å²) in [6, 6.07) is 7.91. The number of aromatic amines is 1. The molecule has 2 rings (SSSR count). The first kappa shape index (κ1) is 11.5. The van der Waals surface area contributed by atoms with Gasteiger partial charge >= 0.3 is 0 Å². The number of hydrogen-bond acceptors (Lipinski definition) is 5. The van der Waals surface area contributed by atoms with Gasteiger partial charge in [-0.25, -0.2) is 4.98 Å². The molecule has 0 unspecified atom stereocenters. The van der Waals surface area contributed by atoms with Crippen LogP contribution in [0.1, 0.15) is 0 Å². The second-order valence-electron chi connectivity index (χ2n) is 3.31. The number of H-pyrrole nitrogens is 1. The van der Waals surface area contributed by atoms with Gasteiger partial charge in [-0.05, 0) is 30.5 Å². The van der Waals surface area contributed by atoms with E-state index >= 15 is 0 Å². The van der Waals surface area contributed by atoms with E-state index in [0.29, 0.717) is 11.0 Å². The molecule has 0 spiro atoms. The summed E-state index contributed by atoms with van der Waals surface area (Å²) >= 11 is 1.36. The Kier molecular flexibility index (Phi) is 3.34. The molecule has 0 bridgehead atoms. The van der Waals surface area contributed by atoms with E-state index < -0.39 is 0 Å². The number of aromatic hydroxyl groups is 1. The maximum atomic E-state index is 11.3. The second kappa shape index (κ2) is 4.92. The standard InChI is InChI=1S/C11H11N3O2S/c1-17-11-13-9(6-10(16)14-11)12-7-2-4-8(15)5-3-7/h2-6,15H,1H3,(H2,12,13,14,16). The van der Waals surface area contributed by atoms with Gasteiger partial charge in [0.25, 0.3) is 5.56 Å². The Hall–Kier alpha value is -1.95. The number of phenols is 1. The highest BCUT2D eigenvalue weighted by Crippen LogP contribution is 2.18. The lowest BCUT2D eigenvalue weighted by molar-refractivity contribution is 0.475. The van der Waals surface area contributed by atoms with Crippen molar-refractivity contribution in [3.8, 4) is 5.75 Å². The van der Waals surface area contributed by atoms with Gasteiger partial charge in [0.2, 0.25) is 0 Å². The van der Waals surface area contributed by atoms with Gasteiger partial charge < -0.3 is 15.4 Å². The summed E-state index contributed by atoms with van der Waals surface area (Å²) in [5.74, 6) is 0.669. The summed E-state index contributed by atoms with van der Waals surface area (Å²) in [4.78, 5) is 18.1. The monoisotopic (exact) mass is 249 g/mol. The number of nitrogens with zero attached hydrogens (tertiary/aromatic N) is 1. The zero-order chi connectivity index (χ0) is 12.3. The van der Waals surface area contributed by atoms with Crippen LogP contribution in [0.3, 0.4) is 0 Å². The summed E-state index contributed by atoms with van der Waals surface area (Å²) in [6.45, 7) is 0. The van der Waals surface area contributed by atoms with Crippen molar-refractivity contribution in [3.63, 3.8) is 0 Å². The van der Waals surface area contributed by atoms with Crippen LogP contribution in [0.2, 0.25) is 0 Å². The molecule has 0 amide bonds. The van der Waals surface area contributed by atoms with Gasteiger partial charge in [0.15, 0.2) is 5.16 Å². The topological polar surface area (TPSA) is 78.0 Å². The Balaban J connectivity index is 2.26. The molecule has 5 nitrogen and oxygen atoms in total. The van der Waals surface area contributed by atoms with E-state index in [9.17, 15) is 4.79 Å². The molecule has 2 aromatic rings. The maximum Gasteiger partial charge on any atom is 0.253 e. The Morgan fingerprint density at radius 2 is 2.06 bits per heavy atom. The van der Waals surface area contributed by atoms with Crippen LogP contribution < -0.4 is 10.9 Å². The highest BCUT2D eigenvalue weighted by Gasteiger charge is 2.00. The van der Waals surface area contributed by atoms with E-state index in [0.717, 1.165) is 5.69 Å². The average Bonchev–Trinajstić information content (AvgIpc) is 2.31. The summed E-state index contributed by atoms with van der Waals surface area (Å²) in [5, 5.41) is 12.7. The van der Waals surface area contributed by atoms with Crippen LogP contribution in [0, 0.1) is 0 Å². The van der Waals surface area contributed by atoms with Crippen LogP contribution in [-0.2, 0) is 0 Å². The first-order valence-electron chi connectivity index (χ1n) is 4.89. The highest BCUT2D eigenvalue weighted by atomic mass is 32.2. The molecule has 0 saturated carbocycles. The molecular weight excluding hydrogens is 238 g/mol. The van der Waals surface area contributed by atoms with E-state index in [-0.39, 0.29) is 11.3 Å². The summed E-state index contributed by atoms with van der Waals surface area (Å²) in [7, 11) is 0. The van der Waals surface area contributed by atoms with Crippen molar-refractivity contribution in [2.24, 2.45) is 0 Å². The summed E-state index contributed by atoms with van der Waals surface area (Å²) in [5.41, 5.74) is 0.554. The summed E-state index contributed by atoms with van der Waals surface area (Å²) < 4.78 is 0. The molecule has 88 valence electrons. The molecule has 0 radical (unpaired) electrons. The van der Waals surface area contributed by atoms with Crippen molar-refractivity contribution >= 4 is 23.3 Å². The fourth-order valence-corrected chi connectivity index (χ4v) is 1.68. The predicted octanol–water partition coefficient (Wildman–Crippen LogP) is 1.94. The van der Waals surface area contributed by atoms with E-state index in [2.05, 4.69) is 15.3 Å². The Bertz CT molecular complexity index is 566. The van der Waals surface area contributed by atoms with Crippen LogP contribution >= 0.6 is 11.8 Å². The third kappa shape index (κ3) is 3.01. The third-order valence-corrected chi connectivity index (χ3v) is 2.63. The third-order valence-electron chi connectivity index (χ3n) is 2.05. The molecule has 0 atom stereocenters. The van der Waals surface area contributed by atoms with Crippen molar-refractivity contribution in [2.45, 2.75) is 5.16 Å². The van der Waals surface area contributed by atoms with E-state index in [4.69, 9.17) is 5.11 Å². The Morgan fingerprint density at radius 3 is 2.71 bits per heavy atom. The summed E-state index contributed by atoms with van der Waals surface area (Å²) in [6.07, 6.45) is 1.84. The van der Waals surface area contributed by atoms with Crippen LogP contribution in [0.15, 0.2) is 40.3 Å². The highest BCUT2D eigenvalue weighted by molar-refractivity contribution is 7.98. The van der Waals surface area contributed by atoms with Gasteiger partial charge in [0.05, 0.1) is 0 Å². The quantitative estimate of drug-likeness (QED) is 0.440. The van der Waals surface area contributed by atoms with Crippen LogP contribution in [0.25, 0.3) is 0 Å². The lowest BCUT2D eigenvalue weighted by atomic mass is 10.3. The minimum atomic E-state index is -0.203. The molecule has 0 saturated heterocycles. The predicted molar refractivity (Wildman–Crippen MR) is 68.0 cm³/mol. The molecule has 1 aromatic heterocycles. The fraction of sp³-hybridized carbons (Fsp3) is 0.0909. The number of rotatable bonds is 3. The van der Waals surface area contributed by atoms with Gasteiger partial charge in [-0.2, -0.15) is 0 Å². The minimum Gasteiger partial charge on any atom is -0.508 e. The minimum absolute atomic E-state index is 0.194. The van der Waals surface area contributed by atoms with Gasteiger partial charge in [-0.1, -0.05) is 11.8 Å². The van der Waals surface area contributed by atoms with Gasteiger partial charge in [0, 0.05) is 11.8 Å². The first-order valence-corrected chi connectivity index (χ1v) is 6.11. The van der Waals surface area contributed by atoms with Crippen molar-refractivity contribution in [1.29, 1.82) is 0 Å². The lowest BCUT2D eigenvalue weighted by Gasteiger charge is -2.06. The number of thioether (sulfide) groups is 1. The molecule has 3 N–H and O–H groups in total. The zero-order valence-corrected chi connectivity index (χ0v) is 9.91. The molecule has 0 fully saturated rings. The fourth-order valence-electron chi connectivity index (χ4n) is 1.29. The van der Waals surface area contributed by atoms with Crippen LogP contribution in [0.5, 0.6) is 5.75 Å². The largest absolute Gasteiger partial charge is 0.508 e. The molecule has 6 heteroatoms. The number of aromatic nitrogens is 2. The molecule has 0 aliphatic heterocycles. The number of phenolic OH excluding ortho intramolecular Hbond substituents is 1. The van der Waals surface area contributed by atoms with Crippen LogP contribution in [0.4, 0.5) is 11.5 Å². The van der Waals surface area contributed by atoms with Crippen molar-refractivity contribution in [3.05, 3.63) is 40.7 Å². The molecule has 17 heavy (non-hydrogen) atoms. The molecule has 0 aliphatic rings. The lowest BCUT2D eigenvalue weighted by Crippen LogP contribution is -2.09. The van der Waals surface area contributed by atoms with Crippen molar-refractivity contribution in [1.82, 2.24) is 9.97 Å². The second-order valence-corrected chi connectivity index (χ2v) is 4.11. The Morgan fingerprint density at radius 1 is 1.35 bits per heavy atom. The van der Waals surface area contributed by atoms with E-state index in [1.807, 2.05) is 6.26 Å². The number of anilines is 2. The zero-order valence-electron chi connectivity index (χ0n) is 9.10. The van der Waals surface area contributed by atoms with Gasteiger partial charge in [0.1, 0.15) is 11.6 Å². The molecular formula is C11H11N3O2S. The number of benzene rings is 1. The van der Waals surface area contributed by atoms with E-state index in [1.165, 1.54) is 17.8 Å². The van der Waals surface area contributed by atoms with E-state index in [1.54, 1.807) is 24.3 Å². The Labute approximate surface area is 102 Å². The molecule has 1 heterocycles. The van der Waals surface area contributed by atoms with Crippen molar-refractivity contribution < 1.29 is 5.11 Å². The van der Waals surface area contributed by atoms with Gasteiger partial charge in [-0.15, -0.1) is 0 Å². The SMILES string of the molecule is CSc1nc(Nc2ccc(O)cc2)cc(=O)[nH]1. The molecule has 1 aromatic carbocycles.